The number of ether oxygens (including phenoxy) is 2. The van der Waals surface area contributed by atoms with Gasteiger partial charge < -0.3 is 19.0 Å². The van der Waals surface area contributed by atoms with E-state index in [2.05, 4.69) is 4.74 Å². The van der Waals surface area contributed by atoms with Gasteiger partial charge in [0.15, 0.2) is 12.4 Å². The smallest absolute Gasteiger partial charge is 0.351 e. The predicted octanol–water partition coefficient (Wildman–Crippen LogP) is 3.05. The monoisotopic (exact) mass is 386 g/mol. The molecule has 0 atom stereocenters. The van der Waals surface area contributed by atoms with Crippen molar-refractivity contribution in [2.24, 2.45) is 0 Å². The van der Waals surface area contributed by atoms with Crippen LogP contribution < -0.4 is 5.63 Å². The molecule has 148 valence electrons. The minimum absolute atomic E-state index is 0.157. The molecule has 0 aromatic carbocycles. The fourth-order valence-corrected chi connectivity index (χ4v) is 2.44. The molecule has 0 spiro atoms. The summed E-state index contributed by atoms with van der Waals surface area (Å²) in [6, 6.07) is 0. The van der Waals surface area contributed by atoms with E-state index in [0.29, 0.717) is 24.2 Å². The summed E-state index contributed by atoms with van der Waals surface area (Å²) in [5, 5.41) is 10.1. The highest BCUT2D eigenvalue weighted by Gasteiger charge is 2.19. The fraction of sp³-hybridized carbons (Fsp3) is 0.286. The van der Waals surface area contributed by atoms with Crippen LogP contribution in [0.4, 0.5) is 0 Å². The number of aromatic hydroxyl groups is 1. The summed E-state index contributed by atoms with van der Waals surface area (Å²) in [6.45, 7) is 2.96. The normalized spacial score (nSPS) is 13.7. The largest absolute Gasteiger partial charge is 0.506 e. The number of aryl methyl sites for hydroxylation is 1. The van der Waals surface area contributed by atoms with E-state index in [1.165, 1.54) is 13.2 Å². The number of rotatable bonds is 7. The molecule has 7 nitrogen and oxygen atoms in total. The third kappa shape index (κ3) is 5.33. The highest BCUT2D eigenvalue weighted by molar-refractivity contribution is 6.06. The Hall–Kier alpha value is -3.35. The van der Waals surface area contributed by atoms with E-state index in [1.807, 2.05) is 12.2 Å². The Bertz CT molecular complexity index is 942. The molecule has 1 aliphatic rings. The molecule has 1 heterocycles. The fourth-order valence-electron chi connectivity index (χ4n) is 2.44. The maximum Gasteiger partial charge on any atom is 0.351 e. The SMILES string of the molecule is COC(=O)COC1=CC=CC(C/C=C/C(=O)c2c(O)c(C)c(C)oc2=O)=CC1. The molecule has 0 bridgehead atoms. The summed E-state index contributed by atoms with van der Waals surface area (Å²) in [5.41, 5.74) is 0.0509. The Morgan fingerprint density at radius 3 is 2.79 bits per heavy atom. The standard InChI is InChI=1S/C21H22O7/c1-13-14(2)28-21(25)19(20(13)24)17(22)9-5-7-15-6-4-8-16(11-10-15)27-12-18(23)26-3/h4-6,8-10,24H,7,11-12H2,1-3H3/b9-5+. The Morgan fingerprint density at radius 1 is 1.32 bits per heavy atom. The van der Waals surface area contributed by atoms with Crippen molar-refractivity contribution in [1.29, 1.82) is 0 Å². The summed E-state index contributed by atoms with van der Waals surface area (Å²) in [5.74, 6) is -0.538. The van der Waals surface area contributed by atoms with Crippen molar-refractivity contribution in [3.8, 4) is 5.75 Å². The first-order valence-corrected chi connectivity index (χ1v) is 8.63. The number of hydrogen-bond donors (Lipinski definition) is 1. The van der Waals surface area contributed by atoms with Gasteiger partial charge in [0.05, 0.1) is 7.11 Å². The third-order valence-corrected chi connectivity index (χ3v) is 4.20. The molecular formula is C21H22O7. The highest BCUT2D eigenvalue weighted by Crippen LogP contribution is 2.22. The van der Waals surface area contributed by atoms with Crippen LogP contribution in [0, 0.1) is 13.8 Å². The van der Waals surface area contributed by atoms with Gasteiger partial charge in [-0.05, 0) is 38.0 Å². The molecule has 0 radical (unpaired) electrons. The second kappa shape index (κ2) is 9.55. The van der Waals surface area contributed by atoms with Crippen LogP contribution in [0.5, 0.6) is 5.75 Å². The minimum atomic E-state index is -0.861. The summed E-state index contributed by atoms with van der Waals surface area (Å²) in [6.07, 6.45) is 11.1. The molecule has 0 amide bonds. The highest BCUT2D eigenvalue weighted by atomic mass is 16.6. The van der Waals surface area contributed by atoms with Crippen molar-refractivity contribution < 1.29 is 28.6 Å². The number of hydrogen-bond acceptors (Lipinski definition) is 7. The molecule has 1 aliphatic carbocycles. The van der Waals surface area contributed by atoms with Crippen molar-refractivity contribution in [3.05, 3.63) is 75.1 Å². The van der Waals surface area contributed by atoms with E-state index < -0.39 is 17.4 Å². The van der Waals surface area contributed by atoms with Gasteiger partial charge in [-0.2, -0.15) is 0 Å². The van der Waals surface area contributed by atoms with Crippen molar-refractivity contribution in [1.82, 2.24) is 0 Å². The van der Waals surface area contributed by atoms with E-state index in [-0.39, 0.29) is 23.7 Å². The number of carbonyl (C=O) groups is 2. The Labute approximate surface area is 162 Å². The van der Waals surface area contributed by atoms with Gasteiger partial charge in [0.2, 0.25) is 0 Å². The van der Waals surface area contributed by atoms with Crippen molar-refractivity contribution in [2.75, 3.05) is 13.7 Å². The van der Waals surface area contributed by atoms with Crippen LogP contribution in [0.25, 0.3) is 0 Å². The molecule has 1 aromatic rings. The molecule has 28 heavy (non-hydrogen) atoms. The van der Waals surface area contributed by atoms with E-state index in [9.17, 15) is 19.5 Å². The van der Waals surface area contributed by atoms with Crippen LogP contribution in [0.15, 0.2) is 57.0 Å². The molecule has 1 N–H and O–H groups in total. The van der Waals surface area contributed by atoms with Crippen molar-refractivity contribution in [2.45, 2.75) is 26.7 Å². The van der Waals surface area contributed by atoms with Gasteiger partial charge in [-0.25, -0.2) is 9.59 Å². The third-order valence-electron chi connectivity index (χ3n) is 4.20. The maximum atomic E-state index is 12.3. The Kier molecular flexibility index (Phi) is 7.14. The Balaban J connectivity index is 2.00. The predicted molar refractivity (Wildman–Crippen MR) is 102 cm³/mol. The lowest BCUT2D eigenvalue weighted by molar-refractivity contribution is -0.144. The van der Waals surface area contributed by atoms with Crippen LogP contribution in [0.3, 0.4) is 0 Å². The van der Waals surface area contributed by atoms with Gasteiger partial charge in [0.1, 0.15) is 22.8 Å². The zero-order chi connectivity index (χ0) is 20.7. The average Bonchev–Trinajstić information content (AvgIpc) is 2.89. The maximum absolute atomic E-state index is 12.3. The van der Waals surface area contributed by atoms with Crippen LogP contribution in [0.1, 0.15) is 34.5 Å². The first-order valence-electron chi connectivity index (χ1n) is 8.63. The lowest BCUT2D eigenvalue weighted by Crippen LogP contribution is -2.14. The van der Waals surface area contributed by atoms with Gasteiger partial charge in [-0.3, -0.25) is 4.79 Å². The number of ketones is 1. The van der Waals surface area contributed by atoms with E-state index in [0.717, 1.165) is 5.57 Å². The summed E-state index contributed by atoms with van der Waals surface area (Å²) < 4.78 is 14.8. The van der Waals surface area contributed by atoms with Crippen LogP contribution >= 0.6 is 0 Å². The number of methoxy groups -OCH3 is 1. The molecule has 2 rings (SSSR count). The van der Waals surface area contributed by atoms with Crippen molar-refractivity contribution in [3.63, 3.8) is 0 Å². The first-order chi connectivity index (χ1) is 13.3. The molecule has 0 saturated carbocycles. The van der Waals surface area contributed by atoms with E-state index in [4.69, 9.17) is 9.15 Å². The van der Waals surface area contributed by atoms with Gasteiger partial charge in [0.25, 0.3) is 0 Å². The zero-order valence-electron chi connectivity index (χ0n) is 16.0. The lowest BCUT2D eigenvalue weighted by atomic mass is 10.1. The number of carbonyl (C=O) groups excluding carboxylic acids is 2. The average molecular weight is 386 g/mol. The van der Waals surface area contributed by atoms with E-state index in [1.54, 1.807) is 32.1 Å². The minimum Gasteiger partial charge on any atom is -0.506 e. The molecule has 0 saturated heterocycles. The molecule has 0 fully saturated rings. The lowest BCUT2D eigenvalue weighted by Gasteiger charge is -2.06. The first kappa shape index (κ1) is 21.0. The van der Waals surface area contributed by atoms with Gasteiger partial charge in [-0.15, -0.1) is 0 Å². The molecule has 1 aromatic heterocycles. The summed E-state index contributed by atoms with van der Waals surface area (Å²) >= 11 is 0. The Morgan fingerprint density at radius 2 is 2.07 bits per heavy atom. The zero-order valence-corrected chi connectivity index (χ0v) is 16.0. The molecule has 7 heteroatoms. The number of esters is 1. The van der Waals surface area contributed by atoms with Gasteiger partial charge in [-0.1, -0.05) is 24.3 Å². The van der Waals surface area contributed by atoms with Crippen LogP contribution in [-0.2, 0) is 14.3 Å². The second-order valence-corrected chi connectivity index (χ2v) is 6.11. The topological polar surface area (TPSA) is 103 Å². The van der Waals surface area contributed by atoms with Crippen LogP contribution in [-0.4, -0.2) is 30.6 Å². The number of allylic oxidation sites excluding steroid dienone is 7. The van der Waals surface area contributed by atoms with Crippen molar-refractivity contribution >= 4 is 11.8 Å². The van der Waals surface area contributed by atoms with Gasteiger partial charge in [0, 0.05) is 12.0 Å². The molecular weight excluding hydrogens is 364 g/mol. The van der Waals surface area contributed by atoms with Crippen LogP contribution in [0.2, 0.25) is 0 Å². The van der Waals surface area contributed by atoms with Gasteiger partial charge >= 0.3 is 11.6 Å². The second-order valence-electron chi connectivity index (χ2n) is 6.11. The van der Waals surface area contributed by atoms with E-state index >= 15 is 0 Å². The molecule has 0 aliphatic heterocycles. The summed E-state index contributed by atoms with van der Waals surface area (Å²) in [7, 11) is 1.29. The quantitative estimate of drug-likeness (QED) is 0.436. The molecule has 0 unspecified atom stereocenters. The summed E-state index contributed by atoms with van der Waals surface area (Å²) in [4.78, 5) is 35.3.